The van der Waals surface area contributed by atoms with Gasteiger partial charge in [-0.15, -0.1) is 34.0 Å². The van der Waals surface area contributed by atoms with Crippen LogP contribution in [0.2, 0.25) is 10.0 Å². The normalized spacial score (nSPS) is 11.8. The van der Waals surface area contributed by atoms with E-state index in [0.29, 0.717) is 32.5 Å². The Morgan fingerprint density at radius 1 is 0.292 bits per heavy atom. The van der Waals surface area contributed by atoms with Crippen LogP contribution in [0.5, 0.6) is 0 Å². The number of aromatic nitrogens is 4. The summed E-state index contributed by atoms with van der Waals surface area (Å²) in [6.45, 7) is 0. The molecule has 2 N–H and O–H groups in total. The molecule has 8 nitrogen and oxygen atoms in total. The lowest BCUT2D eigenvalue weighted by Gasteiger charge is -2.08. The van der Waals surface area contributed by atoms with Crippen LogP contribution in [0.3, 0.4) is 0 Å². The average Bonchev–Trinajstić information content (AvgIpc) is 2.21. The maximum Gasteiger partial charge on any atom is 0.488 e. The Balaban J connectivity index is 0.000000133. The van der Waals surface area contributed by atoms with E-state index in [1.807, 2.05) is 65.1 Å². The summed E-state index contributed by atoms with van der Waals surface area (Å²) in [4.78, 5) is 19.2. The highest BCUT2D eigenvalue weighted by molar-refractivity contribution is 7.27. The van der Waals surface area contributed by atoms with Gasteiger partial charge in [-0.1, -0.05) is 205 Å². The number of thiophene rings is 3. The van der Waals surface area contributed by atoms with E-state index in [4.69, 9.17) is 42.0 Å². The summed E-state index contributed by atoms with van der Waals surface area (Å²) in [6, 6.07) is 93.9. The summed E-state index contributed by atoms with van der Waals surface area (Å²) >= 11 is 17.5. The molecular formula is C82H47BCl2N4O4S3. The van der Waals surface area contributed by atoms with E-state index in [0.717, 1.165) is 82.9 Å². The molecule has 0 spiro atoms. The first-order chi connectivity index (χ1) is 47.2. The minimum Gasteiger partial charge on any atom is -0.436 e. The van der Waals surface area contributed by atoms with Crippen LogP contribution in [0.15, 0.2) is 282 Å². The second-order valence-corrected chi connectivity index (χ2v) is 27.7. The van der Waals surface area contributed by atoms with Crippen molar-refractivity contribution in [2.45, 2.75) is 0 Å². The van der Waals surface area contributed by atoms with Crippen molar-refractivity contribution in [2.75, 3.05) is 0 Å². The molecule has 0 bridgehead atoms. The minimum atomic E-state index is -1.44. The van der Waals surface area contributed by atoms with Crippen LogP contribution in [-0.2, 0) is 0 Å². The number of halogens is 2. The van der Waals surface area contributed by atoms with Gasteiger partial charge in [0.2, 0.25) is 11.4 Å². The van der Waals surface area contributed by atoms with Crippen molar-refractivity contribution in [3.8, 4) is 55.6 Å². The van der Waals surface area contributed by atoms with Gasteiger partial charge in [-0.3, -0.25) is 0 Å². The Hall–Kier alpha value is -10.6. The zero-order valence-electron chi connectivity index (χ0n) is 50.5. The van der Waals surface area contributed by atoms with Crippen molar-refractivity contribution in [3.05, 3.63) is 283 Å². The molecule has 0 unspecified atom stereocenters. The highest BCUT2D eigenvalue weighted by atomic mass is 35.5. The third-order valence-corrected chi connectivity index (χ3v) is 21.9. The van der Waals surface area contributed by atoms with Gasteiger partial charge in [0, 0.05) is 75.9 Å². The lowest BCUT2D eigenvalue weighted by atomic mass is 9.79. The fraction of sp³-hybridized carbons (Fsp3) is 0. The molecule has 14 heteroatoms. The first-order valence-electron chi connectivity index (χ1n) is 31.1. The van der Waals surface area contributed by atoms with Gasteiger partial charge in [-0.05, 0) is 152 Å². The number of benzene rings is 13. The van der Waals surface area contributed by atoms with Gasteiger partial charge in [-0.25, -0.2) is 19.9 Å². The van der Waals surface area contributed by atoms with Crippen LogP contribution in [-0.4, -0.2) is 37.1 Å². The fourth-order valence-corrected chi connectivity index (χ4v) is 17.3. The lowest BCUT2D eigenvalue weighted by molar-refractivity contribution is 0.426. The van der Waals surface area contributed by atoms with Gasteiger partial charge in [0.15, 0.2) is 0 Å². The van der Waals surface area contributed by atoms with Crippen LogP contribution in [0.4, 0.5) is 0 Å². The highest BCUT2D eigenvalue weighted by Gasteiger charge is 2.19. The molecule has 0 saturated carbocycles. The molecule has 0 radical (unpaired) electrons. The molecule has 13 aromatic carbocycles. The van der Waals surface area contributed by atoms with Gasteiger partial charge < -0.3 is 18.9 Å². The molecule has 20 rings (SSSR count). The number of hydrogen-bond donors (Lipinski definition) is 2. The Kier molecular flexibility index (Phi) is 14.3. The van der Waals surface area contributed by atoms with Crippen molar-refractivity contribution in [1.82, 2.24) is 19.9 Å². The van der Waals surface area contributed by atoms with Crippen molar-refractivity contribution in [3.63, 3.8) is 0 Å². The van der Waals surface area contributed by atoms with Crippen molar-refractivity contribution >= 4 is 197 Å². The topological polar surface area (TPSA) is 118 Å². The van der Waals surface area contributed by atoms with Gasteiger partial charge in [0.25, 0.3) is 0 Å². The Morgan fingerprint density at radius 3 is 1.21 bits per heavy atom. The largest absolute Gasteiger partial charge is 0.488 e. The second kappa shape index (κ2) is 23.7. The Labute approximate surface area is 569 Å². The van der Waals surface area contributed by atoms with Crippen molar-refractivity contribution < 1.29 is 18.9 Å². The molecule has 0 fully saturated rings. The summed E-state index contributed by atoms with van der Waals surface area (Å²) in [7, 11) is -1.44. The smallest absolute Gasteiger partial charge is 0.436 e. The lowest BCUT2D eigenvalue weighted by Crippen LogP contribution is -2.29. The van der Waals surface area contributed by atoms with Crippen LogP contribution >= 0.6 is 57.2 Å². The van der Waals surface area contributed by atoms with E-state index in [-0.39, 0.29) is 0 Å². The quantitative estimate of drug-likeness (QED) is 0.158. The van der Waals surface area contributed by atoms with Gasteiger partial charge in [0.1, 0.15) is 22.2 Å². The zero-order valence-corrected chi connectivity index (χ0v) is 54.5. The molecule has 7 heterocycles. The van der Waals surface area contributed by atoms with Gasteiger partial charge in [0.05, 0.1) is 27.5 Å². The molecule has 0 aliphatic carbocycles. The molecule has 0 amide bonds. The summed E-state index contributed by atoms with van der Waals surface area (Å²) in [5.74, 6) is 0. The maximum absolute atomic E-state index is 9.38. The fourth-order valence-electron chi connectivity index (χ4n) is 13.2. The monoisotopic (exact) mass is 1330 g/mol. The van der Waals surface area contributed by atoms with Crippen LogP contribution in [0, 0.1) is 0 Å². The van der Waals surface area contributed by atoms with E-state index in [1.165, 1.54) is 82.8 Å². The average molecular weight is 1330 g/mol. The van der Waals surface area contributed by atoms with Crippen LogP contribution < -0.4 is 5.46 Å². The second-order valence-electron chi connectivity index (χ2n) is 23.6. The maximum atomic E-state index is 9.38. The third-order valence-electron chi connectivity index (χ3n) is 17.8. The van der Waals surface area contributed by atoms with Crippen LogP contribution in [0.1, 0.15) is 0 Å². The van der Waals surface area contributed by atoms with Gasteiger partial charge in [-0.2, -0.15) is 0 Å². The Morgan fingerprint density at radius 2 is 0.677 bits per heavy atom. The molecule has 0 saturated heterocycles. The van der Waals surface area contributed by atoms with Crippen molar-refractivity contribution in [1.29, 1.82) is 0 Å². The highest BCUT2D eigenvalue weighted by Crippen LogP contribution is 2.45. The molecule has 96 heavy (non-hydrogen) atoms. The first kappa shape index (κ1) is 58.0. The van der Waals surface area contributed by atoms with E-state index in [1.54, 1.807) is 35.6 Å². The van der Waals surface area contributed by atoms with E-state index < -0.39 is 7.12 Å². The molecule has 20 aromatic rings. The van der Waals surface area contributed by atoms with Gasteiger partial charge >= 0.3 is 7.12 Å². The summed E-state index contributed by atoms with van der Waals surface area (Å²) < 4.78 is 19.7. The predicted molar refractivity (Wildman–Crippen MR) is 406 cm³/mol. The van der Waals surface area contributed by atoms with Crippen molar-refractivity contribution in [2.24, 2.45) is 0 Å². The predicted octanol–water partition coefficient (Wildman–Crippen LogP) is 23.2. The molecule has 0 aliphatic rings. The molecule has 0 atom stereocenters. The van der Waals surface area contributed by atoms with Crippen LogP contribution in [0.25, 0.3) is 183 Å². The van der Waals surface area contributed by atoms with E-state index >= 15 is 0 Å². The number of furan rings is 2. The Bertz CT molecular complexity index is 6520. The number of fused-ring (bicyclic) bond motifs is 17. The number of rotatable bonds is 6. The first-order valence-corrected chi connectivity index (χ1v) is 34.3. The molecular weight excluding hydrogens is 1280 g/mol. The third kappa shape index (κ3) is 10.3. The number of hydrogen-bond acceptors (Lipinski definition) is 11. The molecule has 0 aliphatic heterocycles. The summed E-state index contributed by atoms with van der Waals surface area (Å²) in [6.07, 6.45) is 0. The summed E-state index contributed by atoms with van der Waals surface area (Å²) in [5.41, 5.74) is 19.2. The SMILES string of the molecule is Clc1ccc2nc3oc4ccc(Cl)cc4c3nc2c1.OB(O)c1cccc(-c2cccc3c2sc2ccccc23)c1.c1cc(-c2ccc3nc4oc5ccc(-c6cccc(-c7cccc8c7sc7ccccc78)c6)cc5c4nc3c2)cc(-c2cccc3c2sc2ccccc23)c1. The molecule has 454 valence electrons. The summed E-state index contributed by atoms with van der Waals surface area (Å²) in [5, 5.41) is 29.6. The standard InChI is InChI=1S/C50H28N2OS2.C18H13BO2S.C14H6Cl2N2O/c1-3-19-45-37(13-1)39-17-7-15-35(48(39)54-45)33-11-5-9-29(25-33)31-22-24-44-41(27-31)47-50(53-44)52-42-23-21-32(28-43(42)51-47)30-10-6-12-34(26-30)36-16-8-18-40-38-14-2-4-20-46(38)55-49(36)40;20-19(21)13-6-3-5-12(11-13)14-8-4-9-16-15-7-1-2-10-17(15)22-18(14)16;15-7-2-4-12-9(5-7)13-14(19-12)18-10-3-1-8(16)6-11(10)17-13/h1-28H;1-11,20-21H;1-6H. The zero-order chi connectivity index (χ0) is 64.1. The number of nitrogens with zero attached hydrogens (tertiary/aromatic N) is 4. The minimum absolute atomic E-state index is 0.507. The van der Waals surface area contributed by atoms with E-state index in [9.17, 15) is 10.0 Å². The molecule has 7 aromatic heterocycles. The van der Waals surface area contributed by atoms with E-state index in [2.05, 4.69) is 216 Å².